The number of hydrogen-bond acceptors (Lipinski definition) is 1. The molecule has 0 aliphatic carbocycles. The second-order valence-electron chi connectivity index (χ2n) is 4.30. The van der Waals surface area contributed by atoms with Crippen molar-refractivity contribution in [2.75, 3.05) is 6.54 Å². The lowest BCUT2D eigenvalue weighted by molar-refractivity contribution is 0.481. The zero-order valence-electron chi connectivity index (χ0n) is 10.8. The van der Waals surface area contributed by atoms with Crippen LogP contribution in [0.15, 0.2) is 36.4 Å². The Labute approximate surface area is 114 Å². The van der Waals surface area contributed by atoms with E-state index in [1.54, 1.807) is 13.0 Å². The van der Waals surface area contributed by atoms with Crippen LogP contribution in [0, 0.1) is 23.3 Å². The molecule has 0 bridgehead atoms. The van der Waals surface area contributed by atoms with E-state index in [2.05, 4.69) is 5.32 Å². The maximum absolute atomic E-state index is 13.9. The van der Waals surface area contributed by atoms with Gasteiger partial charge in [0.25, 0.3) is 0 Å². The molecule has 1 atom stereocenters. The largest absolute Gasteiger partial charge is 0.306 e. The number of hydrogen-bond donors (Lipinski definition) is 1. The van der Waals surface area contributed by atoms with Gasteiger partial charge < -0.3 is 5.32 Å². The van der Waals surface area contributed by atoms with E-state index in [4.69, 9.17) is 0 Å². The van der Waals surface area contributed by atoms with Crippen molar-refractivity contribution in [2.45, 2.75) is 13.0 Å². The van der Waals surface area contributed by atoms with Gasteiger partial charge in [-0.2, -0.15) is 0 Å². The normalized spacial score (nSPS) is 12.4. The highest BCUT2D eigenvalue weighted by Crippen LogP contribution is 2.29. The second kappa shape index (κ2) is 6.05. The first-order chi connectivity index (χ1) is 9.54. The minimum atomic E-state index is -1.04. The van der Waals surface area contributed by atoms with Gasteiger partial charge in [0.15, 0.2) is 0 Å². The van der Waals surface area contributed by atoms with E-state index in [0.717, 1.165) is 0 Å². The lowest BCUT2D eigenvalue weighted by Gasteiger charge is -2.20. The van der Waals surface area contributed by atoms with Gasteiger partial charge in [-0.3, -0.25) is 0 Å². The summed E-state index contributed by atoms with van der Waals surface area (Å²) in [4.78, 5) is 0. The smallest absolute Gasteiger partial charge is 0.134 e. The summed E-state index contributed by atoms with van der Waals surface area (Å²) in [6.07, 6.45) is 0. The molecule has 1 unspecified atom stereocenters. The van der Waals surface area contributed by atoms with Crippen molar-refractivity contribution < 1.29 is 17.6 Å². The molecule has 0 amide bonds. The molecule has 2 aromatic carbocycles. The quantitative estimate of drug-likeness (QED) is 0.838. The van der Waals surface area contributed by atoms with Gasteiger partial charge in [0, 0.05) is 23.3 Å². The Hall–Kier alpha value is -1.88. The van der Waals surface area contributed by atoms with Crippen molar-refractivity contribution in [3.8, 4) is 0 Å². The highest BCUT2D eigenvalue weighted by Gasteiger charge is 2.24. The van der Waals surface area contributed by atoms with E-state index in [-0.39, 0.29) is 5.56 Å². The second-order valence-corrected chi connectivity index (χ2v) is 4.30. The molecule has 106 valence electrons. The average molecular weight is 283 g/mol. The molecule has 1 N–H and O–H groups in total. The Morgan fingerprint density at radius 3 is 2.10 bits per heavy atom. The molecule has 0 aromatic heterocycles. The number of halogens is 4. The fourth-order valence-corrected chi connectivity index (χ4v) is 2.11. The molecule has 0 saturated heterocycles. The van der Waals surface area contributed by atoms with Crippen LogP contribution in [0.5, 0.6) is 0 Å². The van der Waals surface area contributed by atoms with Crippen molar-refractivity contribution in [3.63, 3.8) is 0 Å². The minimum absolute atomic E-state index is 0.110. The van der Waals surface area contributed by atoms with Crippen molar-refractivity contribution in [1.82, 2.24) is 5.32 Å². The molecule has 2 aromatic rings. The highest BCUT2D eigenvalue weighted by molar-refractivity contribution is 5.34. The molecular formula is C15H13F4N. The molecule has 1 nitrogen and oxygen atoms in total. The summed E-state index contributed by atoms with van der Waals surface area (Å²) in [5.74, 6) is -3.68. The maximum atomic E-state index is 13.9. The van der Waals surface area contributed by atoms with Crippen molar-refractivity contribution in [3.05, 3.63) is 70.8 Å². The van der Waals surface area contributed by atoms with Gasteiger partial charge in [-0.25, -0.2) is 17.6 Å². The summed E-state index contributed by atoms with van der Waals surface area (Å²) in [6, 6.07) is 5.86. The topological polar surface area (TPSA) is 12.0 Å². The zero-order valence-corrected chi connectivity index (χ0v) is 10.8. The van der Waals surface area contributed by atoms with E-state index in [0.29, 0.717) is 18.7 Å². The van der Waals surface area contributed by atoms with Crippen LogP contribution < -0.4 is 5.32 Å². The highest BCUT2D eigenvalue weighted by atomic mass is 19.1. The standard InChI is InChI=1S/C15H13F4N/c1-2-20-15(10-5-3-4-6-11(10)17)14-12(18)7-9(16)8-13(14)19/h3-8,15,20H,2H2,1H3. The molecule has 0 heterocycles. The molecule has 0 aliphatic rings. The first-order valence-electron chi connectivity index (χ1n) is 6.16. The van der Waals surface area contributed by atoms with Crippen molar-refractivity contribution in [2.24, 2.45) is 0 Å². The Bertz CT molecular complexity index is 590. The summed E-state index contributed by atoms with van der Waals surface area (Å²) < 4.78 is 54.5. The third kappa shape index (κ3) is 2.82. The van der Waals surface area contributed by atoms with Crippen LogP contribution in [-0.4, -0.2) is 6.54 Å². The number of nitrogens with one attached hydrogen (secondary N) is 1. The lowest BCUT2D eigenvalue weighted by Crippen LogP contribution is -2.25. The van der Waals surface area contributed by atoms with Crippen LogP contribution in [0.4, 0.5) is 17.6 Å². The van der Waals surface area contributed by atoms with E-state index in [1.165, 1.54) is 18.2 Å². The molecule has 0 saturated carbocycles. The average Bonchev–Trinajstić information content (AvgIpc) is 2.37. The van der Waals surface area contributed by atoms with Gasteiger partial charge in [0.05, 0.1) is 6.04 Å². The molecule has 5 heteroatoms. The Balaban J connectivity index is 2.58. The van der Waals surface area contributed by atoms with Crippen LogP contribution in [0.3, 0.4) is 0 Å². The van der Waals surface area contributed by atoms with Crippen LogP contribution in [0.25, 0.3) is 0 Å². The Morgan fingerprint density at radius 2 is 1.55 bits per heavy atom. The van der Waals surface area contributed by atoms with E-state index >= 15 is 0 Å². The lowest BCUT2D eigenvalue weighted by atomic mass is 9.97. The Kier molecular flexibility index (Phi) is 4.39. The van der Waals surface area contributed by atoms with Crippen LogP contribution in [0.1, 0.15) is 24.1 Å². The van der Waals surface area contributed by atoms with Crippen molar-refractivity contribution in [1.29, 1.82) is 0 Å². The van der Waals surface area contributed by atoms with Gasteiger partial charge in [0.2, 0.25) is 0 Å². The predicted octanol–water partition coefficient (Wildman–Crippen LogP) is 3.94. The van der Waals surface area contributed by atoms with E-state index in [9.17, 15) is 17.6 Å². The fraction of sp³-hybridized carbons (Fsp3) is 0.200. The maximum Gasteiger partial charge on any atom is 0.134 e. The number of rotatable bonds is 4. The molecule has 0 spiro atoms. The predicted molar refractivity (Wildman–Crippen MR) is 68.2 cm³/mol. The fourth-order valence-electron chi connectivity index (χ4n) is 2.11. The number of benzene rings is 2. The molecule has 20 heavy (non-hydrogen) atoms. The summed E-state index contributed by atoms with van der Waals surface area (Å²) in [7, 11) is 0. The van der Waals surface area contributed by atoms with Crippen LogP contribution in [-0.2, 0) is 0 Å². The van der Waals surface area contributed by atoms with Crippen molar-refractivity contribution >= 4 is 0 Å². The summed E-state index contributed by atoms with van der Waals surface area (Å²) in [6.45, 7) is 2.10. The summed E-state index contributed by atoms with van der Waals surface area (Å²) >= 11 is 0. The van der Waals surface area contributed by atoms with Gasteiger partial charge in [-0.1, -0.05) is 25.1 Å². The van der Waals surface area contributed by atoms with Crippen LogP contribution in [0.2, 0.25) is 0 Å². The van der Waals surface area contributed by atoms with Gasteiger partial charge >= 0.3 is 0 Å². The minimum Gasteiger partial charge on any atom is -0.306 e. The SMILES string of the molecule is CCNC(c1ccccc1F)c1c(F)cc(F)cc1F. The molecule has 0 radical (unpaired) electrons. The zero-order chi connectivity index (χ0) is 14.7. The monoisotopic (exact) mass is 283 g/mol. The molecule has 0 aliphatic heterocycles. The van der Waals surface area contributed by atoms with E-state index < -0.39 is 34.9 Å². The molecule has 2 rings (SSSR count). The third-order valence-electron chi connectivity index (χ3n) is 2.96. The van der Waals surface area contributed by atoms with Gasteiger partial charge in [0.1, 0.15) is 23.3 Å². The first kappa shape index (κ1) is 14.5. The van der Waals surface area contributed by atoms with Crippen LogP contribution >= 0.6 is 0 Å². The summed E-state index contributed by atoms with van der Waals surface area (Å²) in [5, 5.41) is 2.81. The van der Waals surface area contributed by atoms with Gasteiger partial charge in [-0.15, -0.1) is 0 Å². The summed E-state index contributed by atoms with van der Waals surface area (Å²) in [5.41, 5.74) is -0.280. The molecule has 0 fully saturated rings. The first-order valence-corrected chi connectivity index (χ1v) is 6.16. The third-order valence-corrected chi connectivity index (χ3v) is 2.96. The van der Waals surface area contributed by atoms with E-state index in [1.807, 2.05) is 0 Å². The Morgan fingerprint density at radius 1 is 0.950 bits per heavy atom. The molecular weight excluding hydrogens is 270 g/mol. The van der Waals surface area contributed by atoms with Gasteiger partial charge in [-0.05, 0) is 12.6 Å².